The van der Waals surface area contributed by atoms with Gasteiger partial charge in [-0.05, 0) is 24.6 Å². The zero-order valence-electron chi connectivity index (χ0n) is 14.4. The van der Waals surface area contributed by atoms with Crippen molar-refractivity contribution in [2.45, 2.75) is 23.9 Å². The van der Waals surface area contributed by atoms with Crippen molar-refractivity contribution in [2.24, 2.45) is 0 Å². The predicted molar refractivity (Wildman–Crippen MR) is 97.1 cm³/mol. The summed E-state index contributed by atoms with van der Waals surface area (Å²) in [5.74, 6) is 1.34. The number of thioether (sulfide) groups is 1. The number of nitrogens with zero attached hydrogens (tertiary/aromatic N) is 4. The first-order valence-corrected chi connectivity index (χ1v) is 8.89. The summed E-state index contributed by atoms with van der Waals surface area (Å²) in [7, 11) is 3.52. The number of carbonyl (C=O) groups is 1. The molecule has 2 aromatic heterocycles. The van der Waals surface area contributed by atoms with Gasteiger partial charge < -0.3 is 9.32 Å². The van der Waals surface area contributed by atoms with E-state index in [0.717, 1.165) is 5.56 Å². The second-order valence-corrected chi connectivity index (χ2v) is 6.74. The Morgan fingerprint density at radius 2 is 1.96 bits per heavy atom. The van der Waals surface area contributed by atoms with E-state index in [4.69, 9.17) is 4.42 Å². The number of aromatic nitrogens is 3. The Bertz CT molecular complexity index is 828. The van der Waals surface area contributed by atoms with Gasteiger partial charge in [-0.15, -0.1) is 10.2 Å². The number of hydrogen-bond donors (Lipinski definition) is 0. The van der Waals surface area contributed by atoms with E-state index in [1.165, 1.54) is 11.8 Å². The minimum atomic E-state index is -0.379. The third-order valence-corrected chi connectivity index (χ3v) is 4.99. The molecule has 0 N–H and O–H groups in total. The van der Waals surface area contributed by atoms with Crippen LogP contribution in [0.5, 0.6) is 0 Å². The maximum absolute atomic E-state index is 12.7. The summed E-state index contributed by atoms with van der Waals surface area (Å²) in [4.78, 5) is 14.3. The number of hydrogen-bond acceptors (Lipinski definition) is 5. The van der Waals surface area contributed by atoms with E-state index >= 15 is 0 Å². The Labute approximate surface area is 150 Å². The van der Waals surface area contributed by atoms with E-state index in [0.29, 0.717) is 23.3 Å². The Morgan fingerprint density at radius 3 is 2.56 bits per heavy atom. The van der Waals surface area contributed by atoms with E-state index in [-0.39, 0.29) is 11.2 Å². The van der Waals surface area contributed by atoms with Crippen LogP contribution in [0.25, 0.3) is 11.6 Å². The normalized spacial score (nSPS) is 12.1. The molecule has 1 amide bonds. The van der Waals surface area contributed by atoms with Crippen molar-refractivity contribution in [2.75, 3.05) is 14.1 Å². The quantitative estimate of drug-likeness (QED) is 0.633. The topological polar surface area (TPSA) is 64.2 Å². The predicted octanol–water partition coefficient (Wildman–Crippen LogP) is 3.48. The van der Waals surface area contributed by atoms with Gasteiger partial charge in [0.05, 0.1) is 6.26 Å². The lowest BCUT2D eigenvalue weighted by atomic mass is 10.1. The molecule has 130 valence electrons. The molecule has 0 fully saturated rings. The van der Waals surface area contributed by atoms with Crippen molar-refractivity contribution >= 4 is 17.7 Å². The molecule has 2 heterocycles. The lowest BCUT2D eigenvalue weighted by Crippen LogP contribution is -2.27. The lowest BCUT2D eigenvalue weighted by molar-refractivity contribution is -0.128. The molecule has 0 aliphatic carbocycles. The first-order chi connectivity index (χ1) is 12.1. The average Bonchev–Trinajstić information content (AvgIpc) is 3.28. The second kappa shape index (κ2) is 7.57. The summed E-state index contributed by atoms with van der Waals surface area (Å²) in [6.45, 7) is 2.70. The Balaban J connectivity index is 1.96. The number of carbonyl (C=O) groups excluding carboxylic acids is 1. The van der Waals surface area contributed by atoms with E-state index in [1.54, 1.807) is 25.3 Å². The molecule has 0 saturated heterocycles. The zero-order valence-corrected chi connectivity index (χ0v) is 15.2. The van der Waals surface area contributed by atoms with Gasteiger partial charge in [0.15, 0.2) is 16.7 Å². The molecule has 6 nitrogen and oxygen atoms in total. The van der Waals surface area contributed by atoms with Crippen LogP contribution in [0.2, 0.25) is 0 Å². The highest BCUT2D eigenvalue weighted by molar-refractivity contribution is 8.00. The van der Waals surface area contributed by atoms with Crippen LogP contribution in [-0.2, 0) is 11.3 Å². The van der Waals surface area contributed by atoms with Gasteiger partial charge in [0.25, 0.3) is 0 Å². The fourth-order valence-electron chi connectivity index (χ4n) is 2.48. The van der Waals surface area contributed by atoms with Crippen LogP contribution in [0.1, 0.15) is 17.7 Å². The smallest absolute Gasteiger partial charge is 0.240 e. The molecule has 1 unspecified atom stereocenters. The minimum Gasteiger partial charge on any atom is -0.461 e. The highest BCUT2D eigenvalue weighted by Crippen LogP contribution is 2.36. The Hall–Kier alpha value is -2.54. The molecule has 7 heteroatoms. The lowest BCUT2D eigenvalue weighted by Gasteiger charge is -2.20. The number of furan rings is 1. The molecular weight excluding hydrogens is 336 g/mol. The third kappa shape index (κ3) is 3.61. The molecule has 0 spiro atoms. The first kappa shape index (κ1) is 17.3. The molecule has 1 aromatic carbocycles. The minimum absolute atomic E-state index is 0.0152. The highest BCUT2D eigenvalue weighted by Gasteiger charge is 2.27. The third-order valence-electron chi connectivity index (χ3n) is 3.77. The summed E-state index contributed by atoms with van der Waals surface area (Å²) in [6, 6.07) is 13.4. The number of rotatable bonds is 6. The molecule has 1 atom stereocenters. The largest absolute Gasteiger partial charge is 0.461 e. The van der Waals surface area contributed by atoms with Crippen molar-refractivity contribution in [1.29, 1.82) is 0 Å². The van der Waals surface area contributed by atoms with Crippen LogP contribution < -0.4 is 0 Å². The fourth-order valence-corrected chi connectivity index (χ4v) is 3.72. The Kier molecular flexibility index (Phi) is 5.23. The van der Waals surface area contributed by atoms with Gasteiger partial charge in [-0.1, -0.05) is 42.1 Å². The van der Waals surface area contributed by atoms with Crippen LogP contribution >= 0.6 is 11.8 Å². The van der Waals surface area contributed by atoms with Gasteiger partial charge in [0.1, 0.15) is 5.25 Å². The molecule has 0 bridgehead atoms. The maximum Gasteiger partial charge on any atom is 0.240 e. The van der Waals surface area contributed by atoms with Crippen LogP contribution in [0.4, 0.5) is 0 Å². The van der Waals surface area contributed by atoms with Crippen molar-refractivity contribution < 1.29 is 9.21 Å². The Morgan fingerprint density at radius 1 is 1.20 bits per heavy atom. The molecule has 0 radical (unpaired) electrons. The van der Waals surface area contributed by atoms with Gasteiger partial charge in [-0.25, -0.2) is 0 Å². The van der Waals surface area contributed by atoms with Gasteiger partial charge in [-0.2, -0.15) is 0 Å². The fraction of sp³-hybridized carbons (Fsp3) is 0.278. The maximum atomic E-state index is 12.7. The number of amides is 1. The number of likely N-dealkylation sites (N-methyl/N-ethyl adjacent to an activating group) is 1. The van der Waals surface area contributed by atoms with Crippen molar-refractivity contribution in [1.82, 2.24) is 19.7 Å². The number of benzene rings is 1. The highest BCUT2D eigenvalue weighted by atomic mass is 32.2. The molecule has 3 aromatic rings. The van der Waals surface area contributed by atoms with Gasteiger partial charge >= 0.3 is 0 Å². The molecule has 0 aliphatic rings. The van der Waals surface area contributed by atoms with Gasteiger partial charge in [0, 0.05) is 20.6 Å². The van der Waals surface area contributed by atoms with Gasteiger partial charge in [0.2, 0.25) is 5.91 Å². The zero-order chi connectivity index (χ0) is 17.8. The van der Waals surface area contributed by atoms with Crippen LogP contribution in [-0.4, -0.2) is 39.7 Å². The molecule has 25 heavy (non-hydrogen) atoms. The summed E-state index contributed by atoms with van der Waals surface area (Å²) in [5.41, 5.74) is 0.941. The van der Waals surface area contributed by atoms with Crippen molar-refractivity contribution in [3.63, 3.8) is 0 Å². The van der Waals surface area contributed by atoms with E-state index in [2.05, 4.69) is 10.2 Å². The van der Waals surface area contributed by atoms with Crippen molar-refractivity contribution in [3.8, 4) is 11.6 Å². The standard InChI is InChI=1S/C18H20N4O2S/c1-4-22-16(14-11-8-12-24-14)19-20-18(22)25-15(17(23)21(2)3)13-9-6-5-7-10-13/h5-12,15H,4H2,1-3H3. The molecular formula is C18H20N4O2S. The van der Waals surface area contributed by atoms with E-state index in [1.807, 2.05) is 54.0 Å². The summed E-state index contributed by atoms with van der Waals surface area (Å²) >= 11 is 1.40. The molecule has 0 aliphatic heterocycles. The molecule has 0 saturated carbocycles. The molecule has 3 rings (SSSR count). The van der Waals surface area contributed by atoms with Gasteiger partial charge in [-0.3, -0.25) is 9.36 Å². The van der Waals surface area contributed by atoms with E-state index < -0.39 is 0 Å². The SMILES string of the molecule is CCn1c(SC(C(=O)N(C)C)c2ccccc2)nnc1-c1ccco1. The van der Waals surface area contributed by atoms with E-state index in [9.17, 15) is 4.79 Å². The first-order valence-electron chi connectivity index (χ1n) is 8.01. The average molecular weight is 356 g/mol. The summed E-state index contributed by atoms with van der Waals surface area (Å²) in [6.07, 6.45) is 1.61. The summed E-state index contributed by atoms with van der Waals surface area (Å²) in [5, 5.41) is 8.86. The van der Waals surface area contributed by atoms with Crippen LogP contribution in [0.3, 0.4) is 0 Å². The monoisotopic (exact) mass is 356 g/mol. The second-order valence-electron chi connectivity index (χ2n) is 5.67. The summed E-state index contributed by atoms with van der Waals surface area (Å²) < 4.78 is 7.40. The van der Waals surface area contributed by atoms with Crippen LogP contribution in [0.15, 0.2) is 58.3 Å². The van der Waals surface area contributed by atoms with Crippen LogP contribution in [0, 0.1) is 0 Å². The van der Waals surface area contributed by atoms with Crippen molar-refractivity contribution in [3.05, 3.63) is 54.3 Å².